The fraction of sp³-hybridized carbons (Fsp3) is 0.500. The molecule has 0 spiro atoms. The molecule has 6 heteroatoms. The molecule has 0 aliphatic rings. The summed E-state index contributed by atoms with van der Waals surface area (Å²) in [4.78, 5) is 0. The minimum absolute atomic E-state index is 0. The highest BCUT2D eigenvalue weighted by Gasteiger charge is 2.02. The Morgan fingerprint density at radius 1 is 1.28 bits per heavy atom. The Balaban J connectivity index is 0.00000162. The van der Waals surface area contributed by atoms with Crippen molar-refractivity contribution >= 4 is 12.4 Å². The van der Waals surface area contributed by atoms with E-state index in [1.54, 1.807) is 0 Å². The zero-order valence-corrected chi connectivity index (χ0v) is 11.9. The fourth-order valence-electron chi connectivity index (χ4n) is 1.83. The molecular weight excluding hydrogens is 250 g/mol. The second kappa shape index (κ2) is 6.56. The SMILES string of the molecule is CCn1cc(CNCc2cn(C)nc2C)cn1.Cl. The van der Waals surface area contributed by atoms with Crippen LogP contribution in [0, 0.1) is 6.92 Å². The first-order chi connectivity index (χ1) is 8.19. The lowest BCUT2D eigenvalue weighted by Crippen LogP contribution is -2.12. The molecule has 0 saturated carbocycles. The molecule has 2 rings (SSSR count). The summed E-state index contributed by atoms with van der Waals surface area (Å²) in [6.45, 7) is 6.72. The van der Waals surface area contributed by atoms with Crippen molar-refractivity contribution in [3.8, 4) is 0 Å². The Morgan fingerprint density at radius 3 is 2.61 bits per heavy atom. The molecule has 0 amide bonds. The van der Waals surface area contributed by atoms with Crippen molar-refractivity contribution < 1.29 is 0 Å². The van der Waals surface area contributed by atoms with Crippen molar-refractivity contribution in [1.29, 1.82) is 0 Å². The maximum absolute atomic E-state index is 4.31. The predicted octanol–water partition coefficient (Wildman–Crippen LogP) is 1.66. The standard InChI is InChI=1S/C12H19N5.ClH/c1-4-17-8-11(6-14-17)5-13-7-12-9-16(3)15-10(12)2;/h6,8-9,13H,4-5,7H2,1-3H3;1H. The van der Waals surface area contributed by atoms with E-state index in [1.807, 2.05) is 29.5 Å². The Hall–Kier alpha value is -1.33. The van der Waals surface area contributed by atoms with Crippen molar-refractivity contribution in [3.63, 3.8) is 0 Å². The van der Waals surface area contributed by atoms with E-state index in [9.17, 15) is 0 Å². The molecule has 0 aromatic carbocycles. The highest BCUT2D eigenvalue weighted by molar-refractivity contribution is 5.85. The highest BCUT2D eigenvalue weighted by atomic mass is 35.5. The quantitative estimate of drug-likeness (QED) is 0.898. The molecule has 0 atom stereocenters. The first-order valence-electron chi connectivity index (χ1n) is 5.90. The fourth-order valence-corrected chi connectivity index (χ4v) is 1.83. The number of aromatic nitrogens is 4. The predicted molar refractivity (Wildman–Crippen MR) is 73.6 cm³/mol. The molecule has 100 valence electrons. The van der Waals surface area contributed by atoms with Gasteiger partial charge in [-0.3, -0.25) is 9.36 Å². The third-order valence-corrected chi connectivity index (χ3v) is 2.77. The molecule has 1 N–H and O–H groups in total. The third-order valence-electron chi connectivity index (χ3n) is 2.77. The van der Waals surface area contributed by atoms with Crippen LogP contribution in [0.4, 0.5) is 0 Å². The van der Waals surface area contributed by atoms with E-state index in [1.165, 1.54) is 11.1 Å². The summed E-state index contributed by atoms with van der Waals surface area (Å²) in [5.74, 6) is 0. The van der Waals surface area contributed by atoms with Gasteiger partial charge in [0.25, 0.3) is 0 Å². The average Bonchev–Trinajstić information content (AvgIpc) is 2.86. The van der Waals surface area contributed by atoms with Crippen molar-refractivity contribution in [2.24, 2.45) is 7.05 Å². The van der Waals surface area contributed by atoms with Crippen molar-refractivity contribution in [3.05, 3.63) is 35.4 Å². The van der Waals surface area contributed by atoms with E-state index in [0.717, 1.165) is 25.3 Å². The summed E-state index contributed by atoms with van der Waals surface area (Å²) in [5, 5.41) is 12.0. The molecule has 0 radical (unpaired) electrons. The third kappa shape index (κ3) is 3.58. The van der Waals surface area contributed by atoms with E-state index in [-0.39, 0.29) is 12.4 Å². The molecule has 2 aromatic rings. The van der Waals surface area contributed by atoms with Gasteiger partial charge in [-0.1, -0.05) is 0 Å². The number of nitrogens with one attached hydrogen (secondary N) is 1. The molecular formula is C12H20ClN5. The molecule has 0 aliphatic carbocycles. The Labute approximate surface area is 114 Å². The molecule has 0 saturated heterocycles. The van der Waals surface area contributed by atoms with Crippen LogP contribution in [-0.2, 0) is 26.7 Å². The van der Waals surface area contributed by atoms with Gasteiger partial charge in [-0.25, -0.2) is 0 Å². The number of aryl methyl sites for hydroxylation is 3. The summed E-state index contributed by atoms with van der Waals surface area (Å²) >= 11 is 0. The summed E-state index contributed by atoms with van der Waals surface area (Å²) < 4.78 is 3.79. The second-order valence-electron chi connectivity index (χ2n) is 4.22. The van der Waals surface area contributed by atoms with Crippen molar-refractivity contribution in [2.45, 2.75) is 33.5 Å². The number of rotatable bonds is 5. The minimum atomic E-state index is 0. The van der Waals surface area contributed by atoms with Gasteiger partial charge in [0.05, 0.1) is 11.9 Å². The highest BCUT2D eigenvalue weighted by Crippen LogP contribution is 2.04. The topological polar surface area (TPSA) is 47.7 Å². The maximum atomic E-state index is 4.31. The van der Waals surface area contributed by atoms with Crippen LogP contribution in [0.25, 0.3) is 0 Å². The van der Waals surface area contributed by atoms with Gasteiger partial charge in [-0.2, -0.15) is 10.2 Å². The van der Waals surface area contributed by atoms with Crippen LogP contribution in [0.3, 0.4) is 0 Å². The van der Waals surface area contributed by atoms with Gasteiger partial charge in [0.15, 0.2) is 0 Å². The summed E-state index contributed by atoms with van der Waals surface area (Å²) in [6, 6.07) is 0. The van der Waals surface area contributed by atoms with E-state index < -0.39 is 0 Å². The maximum Gasteiger partial charge on any atom is 0.0638 e. The molecule has 2 heterocycles. The smallest absolute Gasteiger partial charge is 0.0638 e. The molecule has 0 bridgehead atoms. The summed E-state index contributed by atoms with van der Waals surface area (Å²) in [7, 11) is 1.95. The number of hydrogen-bond donors (Lipinski definition) is 1. The van der Waals surface area contributed by atoms with Crippen LogP contribution in [0.2, 0.25) is 0 Å². The summed E-state index contributed by atoms with van der Waals surface area (Å²) in [6.07, 6.45) is 6.04. The van der Waals surface area contributed by atoms with E-state index >= 15 is 0 Å². The lowest BCUT2D eigenvalue weighted by atomic mass is 10.2. The number of hydrogen-bond acceptors (Lipinski definition) is 3. The van der Waals surface area contributed by atoms with Gasteiger partial charge in [-0.05, 0) is 13.8 Å². The molecule has 0 aliphatic heterocycles. The largest absolute Gasteiger partial charge is 0.308 e. The van der Waals surface area contributed by atoms with Crippen LogP contribution >= 0.6 is 12.4 Å². The number of nitrogens with zero attached hydrogens (tertiary/aromatic N) is 4. The Bertz CT molecular complexity index is 488. The van der Waals surface area contributed by atoms with Crippen LogP contribution in [-0.4, -0.2) is 19.6 Å². The zero-order chi connectivity index (χ0) is 12.3. The van der Waals surface area contributed by atoms with Crippen molar-refractivity contribution in [2.75, 3.05) is 0 Å². The van der Waals surface area contributed by atoms with Gasteiger partial charge in [0.2, 0.25) is 0 Å². The zero-order valence-electron chi connectivity index (χ0n) is 11.1. The minimum Gasteiger partial charge on any atom is -0.308 e. The normalized spacial score (nSPS) is 10.4. The number of halogens is 1. The van der Waals surface area contributed by atoms with Gasteiger partial charge >= 0.3 is 0 Å². The van der Waals surface area contributed by atoms with Crippen LogP contribution in [0.1, 0.15) is 23.7 Å². The molecule has 2 aromatic heterocycles. The van der Waals surface area contributed by atoms with E-state index in [2.05, 4.69) is 34.8 Å². The molecule has 5 nitrogen and oxygen atoms in total. The first-order valence-corrected chi connectivity index (χ1v) is 5.90. The van der Waals surface area contributed by atoms with Crippen molar-refractivity contribution in [1.82, 2.24) is 24.9 Å². The Morgan fingerprint density at radius 2 is 2.06 bits per heavy atom. The van der Waals surface area contributed by atoms with Gasteiger partial charge in [-0.15, -0.1) is 12.4 Å². The van der Waals surface area contributed by atoms with Gasteiger partial charge < -0.3 is 5.32 Å². The van der Waals surface area contributed by atoms with Crippen LogP contribution < -0.4 is 5.32 Å². The van der Waals surface area contributed by atoms with Gasteiger partial charge in [0, 0.05) is 50.2 Å². The van der Waals surface area contributed by atoms with Gasteiger partial charge in [0.1, 0.15) is 0 Å². The monoisotopic (exact) mass is 269 g/mol. The van der Waals surface area contributed by atoms with E-state index in [4.69, 9.17) is 0 Å². The summed E-state index contributed by atoms with van der Waals surface area (Å²) in [5.41, 5.74) is 3.55. The molecule has 0 fully saturated rings. The van der Waals surface area contributed by atoms with E-state index in [0.29, 0.717) is 0 Å². The Kier molecular flexibility index (Phi) is 5.37. The first kappa shape index (κ1) is 14.7. The second-order valence-corrected chi connectivity index (χ2v) is 4.22. The van der Waals surface area contributed by atoms with Crippen LogP contribution in [0.15, 0.2) is 18.6 Å². The van der Waals surface area contributed by atoms with Crippen LogP contribution in [0.5, 0.6) is 0 Å². The lowest BCUT2D eigenvalue weighted by Gasteiger charge is -2.01. The lowest BCUT2D eigenvalue weighted by molar-refractivity contribution is 0.655. The average molecular weight is 270 g/mol. The molecule has 0 unspecified atom stereocenters. The molecule has 18 heavy (non-hydrogen) atoms.